The summed E-state index contributed by atoms with van der Waals surface area (Å²) in [4.78, 5) is 1.92. The summed E-state index contributed by atoms with van der Waals surface area (Å²) < 4.78 is 31.4. The van der Waals surface area contributed by atoms with E-state index in [0.29, 0.717) is 23.9 Å². The highest BCUT2D eigenvalue weighted by Gasteiger charge is 2.16. The lowest BCUT2D eigenvalue weighted by molar-refractivity contribution is 0.226. The first kappa shape index (κ1) is 13.6. The van der Waals surface area contributed by atoms with Crippen molar-refractivity contribution in [2.45, 2.75) is 26.4 Å². The van der Waals surface area contributed by atoms with Crippen molar-refractivity contribution in [2.75, 3.05) is 7.05 Å². The first-order valence-electron chi connectivity index (χ1n) is 5.91. The molecule has 0 aliphatic rings. The minimum absolute atomic E-state index is 0.0951. The Morgan fingerprint density at radius 2 is 2.00 bits per heavy atom. The van der Waals surface area contributed by atoms with Gasteiger partial charge in [0.15, 0.2) is 11.6 Å². The third kappa shape index (κ3) is 3.14. The number of nitrogens with zero attached hydrogens (tertiary/aromatic N) is 3. The molecule has 0 unspecified atom stereocenters. The van der Waals surface area contributed by atoms with Gasteiger partial charge in [0.2, 0.25) is 11.8 Å². The second kappa shape index (κ2) is 5.44. The van der Waals surface area contributed by atoms with Gasteiger partial charge in [-0.05, 0) is 31.7 Å². The summed E-state index contributed by atoms with van der Waals surface area (Å²) in [5, 5.41) is 7.65. The van der Waals surface area contributed by atoms with Crippen molar-refractivity contribution in [1.82, 2.24) is 15.1 Å². The Morgan fingerprint density at radius 3 is 2.58 bits per heavy atom. The molecule has 0 spiro atoms. The highest BCUT2D eigenvalue weighted by Crippen LogP contribution is 2.22. The van der Waals surface area contributed by atoms with E-state index in [-0.39, 0.29) is 6.04 Å². The highest BCUT2D eigenvalue weighted by molar-refractivity contribution is 5.20. The first-order chi connectivity index (χ1) is 8.97. The second-order valence-corrected chi connectivity index (χ2v) is 4.48. The SMILES string of the molecule is Cc1nnc(CN(C)[C@H](C)c2ccc(F)c(F)c2)o1. The van der Waals surface area contributed by atoms with E-state index in [2.05, 4.69) is 10.2 Å². The number of benzene rings is 1. The van der Waals surface area contributed by atoms with Gasteiger partial charge >= 0.3 is 0 Å². The smallest absolute Gasteiger partial charge is 0.230 e. The maximum absolute atomic E-state index is 13.2. The van der Waals surface area contributed by atoms with Crippen LogP contribution in [0.25, 0.3) is 0 Å². The zero-order valence-corrected chi connectivity index (χ0v) is 11.0. The topological polar surface area (TPSA) is 42.2 Å². The van der Waals surface area contributed by atoms with Crippen LogP contribution < -0.4 is 0 Å². The number of halogens is 2. The Labute approximate surface area is 110 Å². The normalized spacial score (nSPS) is 12.9. The van der Waals surface area contributed by atoms with Crippen LogP contribution in [0.3, 0.4) is 0 Å². The van der Waals surface area contributed by atoms with Gasteiger partial charge in [0.05, 0.1) is 6.54 Å². The lowest BCUT2D eigenvalue weighted by Crippen LogP contribution is -2.22. The molecule has 6 heteroatoms. The van der Waals surface area contributed by atoms with Gasteiger partial charge in [-0.2, -0.15) is 0 Å². The lowest BCUT2D eigenvalue weighted by Gasteiger charge is -2.23. The molecule has 0 saturated carbocycles. The van der Waals surface area contributed by atoms with Crippen LogP contribution in [0.2, 0.25) is 0 Å². The van der Waals surface area contributed by atoms with Crippen molar-refractivity contribution in [1.29, 1.82) is 0 Å². The zero-order chi connectivity index (χ0) is 14.0. The van der Waals surface area contributed by atoms with Gasteiger partial charge in [-0.25, -0.2) is 8.78 Å². The van der Waals surface area contributed by atoms with Crippen molar-refractivity contribution < 1.29 is 13.2 Å². The molecule has 0 radical (unpaired) electrons. The first-order valence-corrected chi connectivity index (χ1v) is 5.91. The molecule has 1 aromatic carbocycles. The molecule has 2 rings (SSSR count). The molecule has 0 fully saturated rings. The van der Waals surface area contributed by atoms with Gasteiger partial charge in [0.1, 0.15) is 0 Å². The second-order valence-electron chi connectivity index (χ2n) is 4.48. The van der Waals surface area contributed by atoms with E-state index < -0.39 is 11.6 Å². The van der Waals surface area contributed by atoms with E-state index in [1.165, 1.54) is 6.07 Å². The van der Waals surface area contributed by atoms with Gasteiger partial charge in [0.25, 0.3) is 0 Å². The van der Waals surface area contributed by atoms with Gasteiger partial charge in [-0.15, -0.1) is 10.2 Å². The van der Waals surface area contributed by atoms with Gasteiger partial charge in [0, 0.05) is 13.0 Å². The van der Waals surface area contributed by atoms with E-state index in [1.807, 2.05) is 18.9 Å². The average Bonchev–Trinajstić information content (AvgIpc) is 2.77. The molecule has 2 aromatic rings. The molecule has 19 heavy (non-hydrogen) atoms. The molecule has 1 atom stereocenters. The standard InChI is InChI=1S/C13H15F2N3O/c1-8(10-4-5-11(14)12(15)6-10)18(3)7-13-17-16-9(2)19-13/h4-6,8H,7H2,1-3H3/t8-/m1/s1. The molecule has 0 bridgehead atoms. The summed E-state index contributed by atoms with van der Waals surface area (Å²) in [6.07, 6.45) is 0. The molecule has 0 aliphatic heterocycles. The Kier molecular flexibility index (Phi) is 3.90. The summed E-state index contributed by atoms with van der Waals surface area (Å²) in [6, 6.07) is 3.81. The van der Waals surface area contributed by atoms with Gasteiger partial charge < -0.3 is 4.42 Å². The monoisotopic (exact) mass is 267 g/mol. The van der Waals surface area contributed by atoms with Crippen LogP contribution in [0.5, 0.6) is 0 Å². The predicted molar refractivity (Wildman–Crippen MR) is 65.3 cm³/mol. The Hall–Kier alpha value is -1.82. The lowest BCUT2D eigenvalue weighted by atomic mass is 10.1. The average molecular weight is 267 g/mol. The maximum atomic E-state index is 13.2. The van der Waals surface area contributed by atoms with Crippen LogP contribution in [-0.4, -0.2) is 22.1 Å². The van der Waals surface area contributed by atoms with E-state index in [4.69, 9.17) is 4.42 Å². The molecule has 0 saturated heterocycles. The summed E-state index contributed by atoms with van der Waals surface area (Å²) >= 11 is 0. The van der Waals surface area contributed by atoms with Crippen LogP contribution in [0.4, 0.5) is 8.78 Å². The highest BCUT2D eigenvalue weighted by atomic mass is 19.2. The summed E-state index contributed by atoms with van der Waals surface area (Å²) in [5.74, 6) is -0.684. The van der Waals surface area contributed by atoms with Crippen molar-refractivity contribution in [2.24, 2.45) is 0 Å². The number of hydrogen-bond acceptors (Lipinski definition) is 4. The maximum Gasteiger partial charge on any atom is 0.230 e. The van der Waals surface area contributed by atoms with E-state index in [9.17, 15) is 8.78 Å². The number of hydrogen-bond donors (Lipinski definition) is 0. The third-order valence-electron chi connectivity index (χ3n) is 3.04. The summed E-state index contributed by atoms with van der Waals surface area (Å²) in [6.45, 7) is 4.06. The largest absolute Gasteiger partial charge is 0.424 e. The van der Waals surface area contributed by atoms with Crippen molar-refractivity contribution >= 4 is 0 Å². The van der Waals surface area contributed by atoms with Crippen LogP contribution in [0, 0.1) is 18.6 Å². The minimum Gasteiger partial charge on any atom is -0.424 e. The molecule has 1 aromatic heterocycles. The zero-order valence-electron chi connectivity index (χ0n) is 11.0. The molecular weight excluding hydrogens is 252 g/mol. The molecule has 0 N–H and O–H groups in total. The molecular formula is C13H15F2N3O. The van der Waals surface area contributed by atoms with E-state index in [1.54, 1.807) is 13.0 Å². The van der Waals surface area contributed by atoms with Crippen molar-refractivity contribution in [3.05, 3.63) is 47.2 Å². The molecule has 1 heterocycles. The fourth-order valence-electron chi connectivity index (χ4n) is 1.78. The Morgan fingerprint density at radius 1 is 1.26 bits per heavy atom. The fourth-order valence-corrected chi connectivity index (χ4v) is 1.78. The molecule has 0 aliphatic carbocycles. The summed E-state index contributed by atoms with van der Waals surface area (Å²) in [7, 11) is 1.85. The number of aryl methyl sites for hydroxylation is 1. The van der Waals surface area contributed by atoms with Crippen molar-refractivity contribution in [3.63, 3.8) is 0 Å². The summed E-state index contributed by atoms with van der Waals surface area (Å²) in [5.41, 5.74) is 0.692. The Bertz CT molecular complexity index is 571. The van der Waals surface area contributed by atoms with E-state index >= 15 is 0 Å². The van der Waals surface area contributed by atoms with Crippen LogP contribution in [0.1, 0.15) is 30.3 Å². The Balaban J connectivity index is 2.09. The van der Waals surface area contributed by atoms with Gasteiger partial charge in [-0.1, -0.05) is 6.07 Å². The molecule has 102 valence electrons. The predicted octanol–water partition coefficient (Wildman–Crippen LogP) is 2.85. The third-order valence-corrected chi connectivity index (χ3v) is 3.04. The van der Waals surface area contributed by atoms with Crippen LogP contribution >= 0.6 is 0 Å². The number of aromatic nitrogens is 2. The van der Waals surface area contributed by atoms with Crippen molar-refractivity contribution in [3.8, 4) is 0 Å². The van der Waals surface area contributed by atoms with Crippen LogP contribution in [0.15, 0.2) is 22.6 Å². The number of rotatable bonds is 4. The van der Waals surface area contributed by atoms with Gasteiger partial charge in [-0.3, -0.25) is 4.90 Å². The molecule has 4 nitrogen and oxygen atoms in total. The quantitative estimate of drug-likeness (QED) is 0.854. The van der Waals surface area contributed by atoms with E-state index in [0.717, 1.165) is 6.07 Å². The van der Waals surface area contributed by atoms with Crippen LogP contribution in [-0.2, 0) is 6.54 Å². The molecule has 0 amide bonds. The minimum atomic E-state index is -0.842. The fraction of sp³-hybridized carbons (Fsp3) is 0.385.